The summed E-state index contributed by atoms with van der Waals surface area (Å²) in [5.74, 6) is -0.236. The average molecular weight is 446 g/mol. The van der Waals surface area contributed by atoms with Crippen molar-refractivity contribution in [3.8, 4) is 0 Å². The predicted octanol–water partition coefficient (Wildman–Crippen LogP) is 4.67. The third-order valence-electron chi connectivity index (χ3n) is 5.17. The summed E-state index contributed by atoms with van der Waals surface area (Å²) in [5, 5.41) is 6.16. The topological polar surface area (TPSA) is 46.2 Å². The van der Waals surface area contributed by atoms with Crippen LogP contribution in [0.15, 0.2) is 30.5 Å². The lowest BCUT2D eigenvalue weighted by Gasteiger charge is -2.21. The molecule has 1 saturated heterocycles. The van der Waals surface area contributed by atoms with Crippen LogP contribution in [-0.2, 0) is 23.0 Å². The number of alkyl halides is 3. The third kappa shape index (κ3) is 4.04. The Hall–Kier alpha value is -1.97. The number of nitrogens with one attached hydrogen (secondary N) is 2. The fourth-order valence-corrected chi connectivity index (χ4v) is 4.07. The van der Waals surface area contributed by atoms with Crippen molar-refractivity contribution in [1.82, 2.24) is 10.3 Å². The molecule has 0 amide bonds. The highest BCUT2D eigenvalue weighted by atomic mass is 35.5. The summed E-state index contributed by atoms with van der Waals surface area (Å²) in [6.07, 6.45) is -3.06. The van der Waals surface area contributed by atoms with Crippen molar-refractivity contribution in [3.05, 3.63) is 58.1 Å². The number of nitrogens with zero attached hydrogens (tertiary/aromatic N) is 1. The van der Waals surface area contributed by atoms with Gasteiger partial charge in [0.25, 0.3) is 0 Å². The first kappa shape index (κ1) is 20.3. The number of pyridine rings is 1. The monoisotopic (exact) mass is 445 g/mol. The highest BCUT2D eigenvalue weighted by Crippen LogP contribution is 2.54. The van der Waals surface area contributed by atoms with E-state index in [1.54, 1.807) is 12.1 Å². The normalized spacial score (nSPS) is 23.8. The Morgan fingerprint density at radius 2 is 2.14 bits per heavy atom. The number of hydrogen-bond acceptors (Lipinski definition) is 4. The van der Waals surface area contributed by atoms with Gasteiger partial charge in [0.2, 0.25) is 0 Å². The molecule has 1 aliphatic heterocycles. The fraction of sp³-hybridized carbons (Fsp3) is 0.368. The minimum Gasteiger partial charge on any atom is -0.379 e. The van der Waals surface area contributed by atoms with Crippen LogP contribution in [-0.4, -0.2) is 23.2 Å². The molecule has 2 aromatic rings. The van der Waals surface area contributed by atoms with Gasteiger partial charge in [0.15, 0.2) is 0 Å². The molecule has 1 saturated carbocycles. The Morgan fingerprint density at radius 3 is 2.86 bits per heavy atom. The number of fused-ring (bicyclic) bond motifs is 1. The van der Waals surface area contributed by atoms with Gasteiger partial charge >= 0.3 is 6.18 Å². The number of ether oxygens (including phenoxy) is 1. The van der Waals surface area contributed by atoms with Crippen LogP contribution in [0.1, 0.15) is 23.2 Å². The van der Waals surface area contributed by atoms with Crippen LogP contribution in [0.5, 0.6) is 0 Å². The molecular formula is C19H16ClF4N3OS. The van der Waals surface area contributed by atoms with Crippen LogP contribution in [0.4, 0.5) is 23.2 Å². The number of aromatic nitrogens is 1. The molecular weight excluding hydrogens is 430 g/mol. The lowest BCUT2D eigenvalue weighted by atomic mass is 10.0. The second-order valence-corrected chi connectivity index (χ2v) is 8.03. The molecule has 2 N–H and O–H groups in total. The largest absolute Gasteiger partial charge is 0.417 e. The predicted molar refractivity (Wildman–Crippen MR) is 104 cm³/mol. The van der Waals surface area contributed by atoms with E-state index >= 15 is 0 Å². The van der Waals surface area contributed by atoms with Crippen molar-refractivity contribution in [2.24, 2.45) is 5.92 Å². The second-order valence-electron chi connectivity index (χ2n) is 7.13. The quantitative estimate of drug-likeness (QED) is 0.529. The van der Waals surface area contributed by atoms with E-state index in [0.717, 1.165) is 12.3 Å². The summed E-state index contributed by atoms with van der Waals surface area (Å²) in [4.78, 5) is 4.33. The highest BCUT2D eigenvalue weighted by Gasteiger charge is 2.58. The minimum atomic E-state index is -4.51. The van der Waals surface area contributed by atoms with Crippen LogP contribution in [0, 0.1) is 11.7 Å². The van der Waals surface area contributed by atoms with Crippen LogP contribution in [0.2, 0.25) is 5.02 Å². The molecule has 1 aliphatic carbocycles. The summed E-state index contributed by atoms with van der Waals surface area (Å²) in [5.41, 5.74) is -0.162. The van der Waals surface area contributed by atoms with E-state index in [2.05, 4.69) is 15.6 Å². The zero-order valence-corrected chi connectivity index (χ0v) is 16.5. The molecule has 0 bridgehead atoms. The fourth-order valence-electron chi connectivity index (χ4n) is 3.57. The van der Waals surface area contributed by atoms with Gasteiger partial charge in [0.05, 0.1) is 41.6 Å². The highest BCUT2D eigenvalue weighted by molar-refractivity contribution is 7.80. The molecule has 29 heavy (non-hydrogen) atoms. The zero-order valence-electron chi connectivity index (χ0n) is 14.9. The second kappa shape index (κ2) is 7.37. The molecule has 0 spiro atoms. The summed E-state index contributed by atoms with van der Waals surface area (Å²) in [6, 6.07) is 5.41. The van der Waals surface area contributed by atoms with Gasteiger partial charge in [0.1, 0.15) is 10.8 Å². The first-order chi connectivity index (χ1) is 13.7. The van der Waals surface area contributed by atoms with Crippen molar-refractivity contribution in [3.63, 3.8) is 0 Å². The molecule has 154 valence electrons. The van der Waals surface area contributed by atoms with Crippen LogP contribution < -0.4 is 10.6 Å². The lowest BCUT2D eigenvalue weighted by Crippen LogP contribution is -2.36. The van der Waals surface area contributed by atoms with Crippen molar-refractivity contribution in [2.75, 3.05) is 18.5 Å². The maximum Gasteiger partial charge on any atom is 0.417 e. The molecule has 1 aromatic heterocycles. The van der Waals surface area contributed by atoms with Crippen LogP contribution >= 0.6 is 23.8 Å². The maximum atomic E-state index is 14.6. The Balaban J connectivity index is 1.53. The van der Waals surface area contributed by atoms with E-state index < -0.39 is 17.3 Å². The first-order valence-electron chi connectivity index (χ1n) is 8.83. The molecule has 0 radical (unpaired) electrons. The standard InChI is InChI=1S/C19H16ClF4N3OS/c20-14-3-10(19(22,23)24)6-26-16(14)7-25-12-1-2-15(21)13(4-12)18-5-11(18)8-28-9-17(29)27-18/h1-4,6,11,25H,5,7-9H2,(H,27,29). The van der Waals surface area contributed by atoms with Crippen molar-refractivity contribution < 1.29 is 22.3 Å². The summed E-state index contributed by atoms with van der Waals surface area (Å²) >= 11 is 11.2. The van der Waals surface area contributed by atoms with Gasteiger partial charge in [-0.15, -0.1) is 0 Å². The number of thiocarbonyl (C=S) groups is 1. The number of rotatable bonds is 4. The Labute approximate surface area is 174 Å². The van der Waals surface area contributed by atoms with E-state index in [0.29, 0.717) is 35.9 Å². The van der Waals surface area contributed by atoms with Crippen LogP contribution in [0.25, 0.3) is 0 Å². The summed E-state index contributed by atoms with van der Waals surface area (Å²) in [6.45, 7) is 0.897. The van der Waals surface area contributed by atoms with E-state index in [9.17, 15) is 17.6 Å². The average Bonchev–Trinajstić information content (AvgIpc) is 3.35. The number of benzene rings is 1. The van der Waals surface area contributed by atoms with Crippen LogP contribution in [0.3, 0.4) is 0 Å². The van der Waals surface area contributed by atoms with Gasteiger partial charge in [0, 0.05) is 23.4 Å². The van der Waals surface area contributed by atoms with Gasteiger partial charge < -0.3 is 15.4 Å². The third-order valence-corrected chi connectivity index (χ3v) is 5.72. The molecule has 4 nitrogen and oxygen atoms in total. The molecule has 2 heterocycles. The lowest BCUT2D eigenvalue weighted by molar-refractivity contribution is -0.137. The van der Waals surface area contributed by atoms with E-state index in [1.807, 2.05) is 0 Å². The summed E-state index contributed by atoms with van der Waals surface area (Å²) < 4.78 is 58.3. The van der Waals surface area contributed by atoms with Gasteiger partial charge in [-0.3, -0.25) is 4.98 Å². The smallest absolute Gasteiger partial charge is 0.379 e. The Kier molecular flexibility index (Phi) is 5.16. The Morgan fingerprint density at radius 1 is 1.34 bits per heavy atom. The van der Waals surface area contributed by atoms with E-state index in [-0.39, 0.29) is 29.0 Å². The summed E-state index contributed by atoms with van der Waals surface area (Å²) in [7, 11) is 0. The van der Waals surface area contributed by atoms with Gasteiger partial charge in [-0.2, -0.15) is 13.2 Å². The molecule has 2 unspecified atom stereocenters. The number of anilines is 1. The minimum absolute atomic E-state index is 0.0907. The number of halogens is 5. The SMILES string of the molecule is Fc1ccc(NCc2ncc(C(F)(F)F)cc2Cl)cc1C12CC1COCC(=S)N2. The number of hydrogen-bond donors (Lipinski definition) is 2. The van der Waals surface area contributed by atoms with Gasteiger partial charge in [-0.1, -0.05) is 23.8 Å². The molecule has 4 rings (SSSR count). The van der Waals surface area contributed by atoms with Gasteiger partial charge in [-0.05, 0) is 30.7 Å². The van der Waals surface area contributed by atoms with E-state index in [4.69, 9.17) is 28.6 Å². The van der Waals surface area contributed by atoms with Gasteiger partial charge in [-0.25, -0.2) is 4.39 Å². The molecule has 2 aliphatic rings. The van der Waals surface area contributed by atoms with E-state index in [1.165, 1.54) is 6.07 Å². The van der Waals surface area contributed by atoms with Crippen molar-refractivity contribution in [1.29, 1.82) is 0 Å². The zero-order chi connectivity index (χ0) is 20.8. The first-order valence-corrected chi connectivity index (χ1v) is 9.62. The molecule has 2 fully saturated rings. The van der Waals surface area contributed by atoms with Crippen molar-refractivity contribution in [2.45, 2.75) is 24.7 Å². The molecule has 2 atom stereocenters. The molecule has 1 aromatic carbocycles. The molecule has 10 heteroatoms. The Bertz CT molecular complexity index is 971. The maximum absolute atomic E-state index is 14.6. The van der Waals surface area contributed by atoms with Crippen molar-refractivity contribution >= 4 is 34.5 Å².